The van der Waals surface area contributed by atoms with Crippen molar-refractivity contribution in [3.05, 3.63) is 24.0 Å². The summed E-state index contributed by atoms with van der Waals surface area (Å²) in [7, 11) is 0. The number of hydrogen-bond acceptors (Lipinski definition) is 4. The van der Waals surface area contributed by atoms with E-state index in [4.69, 9.17) is 0 Å². The quantitative estimate of drug-likeness (QED) is 0.784. The molecule has 0 radical (unpaired) electrons. The highest BCUT2D eigenvalue weighted by molar-refractivity contribution is 8.00. The highest BCUT2D eigenvalue weighted by Gasteiger charge is 2.17. The molecule has 3 rings (SSSR count). The minimum Gasteiger partial charge on any atom is -0.327 e. The first-order valence-electron chi connectivity index (χ1n) is 5.39. The monoisotopic (exact) mass is 234 g/mol. The highest BCUT2D eigenvalue weighted by atomic mass is 32.2. The van der Waals surface area contributed by atoms with Gasteiger partial charge in [-0.15, -0.1) is 0 Å². The Kier molecular flexibility index (Phi) is 2.21. The summed E-state index contributed by atoms with van der Waals surface area (Å²) in [5, 5.41) is 0. The van der Waals surface area contributed by atoms with Crippen molar-refractivity contribution in [3.8, 4) is 0 Å². The van der Waals surface area contributed by atoms with Gasteiger partial charge in [0.15, 0.2) is 0 Å². The molecule has 1 aliphatic rings. The van der Waals surface area contributed by atoms with Gasteiger partial charge in [0.1, 0.15) is 11.8 Å². The first kappa shape index (κ1) is 9.84. The van der Waals surface area contributed by atoms with E-state index in [1.165, 1.54) is 11.3 Å². The summed E-state index contributed by atoms with van der Waals surface area (Å²) in [5.41, 5.74) is 8.09. The highest BCUT2D eigenvalue weighted by Crippen LogP contribution is 2.36. The van der Waals surface area contributed by atoms with Crippen LogP contribution in [0.4, 0.5) is 5.69 Å². The second-order valence-electron chi connectivity index (χ2n) is 4.26. The summed E-state index contributed by atoms with van der Waals surface area (Å²) in [4.78, 5) is 4.40. The Morgan fingerprint density at radius 1 is 1.50 bits per heavy atom. The van der Waals surface area contributed by atoms with Crippen LogP contribution in [0.3, 0.4) is 0 Å². The van der Waals surface area contributed by atoms with Crippen LogP contribution in [-0.4, -0.2) is 15.7 Å². The standard InChI is InChI=1S/C11H14N4S/c1-7(2)13-15-6-12-9-4-3-8-5-16-14-10(8)11(9)15/h3-4,6-7,13-14H,5H2,1-2H3. The van der Waals surface area contributed by atoms with Crippen LogP contribution in [0.2, 0.25) is 0 Å². The first-order chi connectivity index (χ1) is 7.75. The molecule has 0 atom stereocenters. The van der Waals surface area contributed by atoms with Crippen molar-refractivity contribution in [2.45, 2.75) is 25.6 Å². The SMILES string of the molecule is CC(C)Nn1cnc2ccc3c(c21)NSC3. The van der Waals surface area contributed by atoms with Gasteiger partial charge in [0.25, 0.3) is 0 Å². The fourth-order valence-electron chi connectivity index (χ4n) is 1.94. The van der Waals surface area contributed by atoms with Crippen LogP contribution >= 0.6 is 11.9 Å². The van der Waals surface area contributed by atoms with E-state index < -0.39 is 0 Å². The topological polar surface area (TPSA) is 41.9 Å². The Morgan fingerprint density at radius 2 is 2.38 bits per heavy atom. The van der Waals surface area contributed by atoms with Gasteiger partial charge >= 0.3 is 0 Å². The molecule has 84 valence electrons. The van der Waals surface area contributed by atoms with Gasteiger partial charge < -0.3 is 10.1 Å². The Morgan fingerprint density at radius 3 is 3.19 bits per heavy atom. The summed E-state index contributed by atoms with van der Waals surface area (Å²) >= 11 is 1.73. The zero-order valence-electron chi connectivity index (χ0n) is 9.32. The second-order valence-corrected chi connectivity index (χ2v) is 5.04. The van der Waals surface area contributed by atoms with E-state index in [0.717, 1.165) is 16.8 Å². The lowest BCUT2D eigenvalue weighted by molar-refractivity contribution is 0.750. The minimum absolute atomic E-state index is 0.391. The second kappa shape index (κ2) is 3.59. The van der Waals surface area contributed by atoms with Crippen LogP contribution in [-0.2, 0) is 5.75 Å². The lowest BCUT2D eigenvalue weighted by Crippen LogP contribution is -2.21. The molecule has 2 N–H and O–H groups in total. The molecule has 1 aromatic carbocycles. The number of rotatable bonds is 2. The van der Waals surface area contributed by atoms with Crippen LogP contribution in [0.15, 0.2) is 18.5 Å². The first-order valence-corrected chi connectivity index (χ1v) is 6.37. The molecule has 2 aromatic rings. The van der Waals surface area contributed by atoms with E-state index in [1.54, 1.807) is 11.9 Å². The Balaban J connectivity index is 2.20. The van der Waals surface area contributed by atoms with Crippen LogP contribution in [0.1, 0.15) is 19.4 Å². The maximum atomic E-state index is 4.40. The number of aromatic nitrogens is 2. The lowest BCUT2D eigenvalue weighted by Gasteiger charge is -2.13. The average Bonchev–Trinajstić information content (AvgIpc) is 2.82. The van der Waals surface area contributed by atoms with E-state index in [2.05, 4.69) is 41.1 Å². The fraction of sp³-hybridized carbons (Fsp3) is 0.364. The summed E-state index contributed by atoms with van der Waals surface area (Å²) in [6.07, 6.45) is 1.84. The van der Waals surface area contributed by atoms with Crippen molar-refractivity contribution < 1.29 is 0 Å². The van der Waals surface area contributed by atoms with E-state index >= 15 is 0 Å². The molecular weight excluding hydrogens is 220 g/mol. The molecule has 16 heavy (non-hydrogen) atoms. The van der Waals surface area contributed by atoms with Crippen molar-refractivity contribution in [1.29, 1.82) is 0 Å². The fourth-order valence-corrected chi connectivity index (χ4v) is 2.78. The number of hydrogen-bond donors (Lipinski definition) is 2. The number of fused-ring (bicyclic) bond motifs is 3. The summed E-state index contributed by atoms with van der Waals surface area (Å²) < 4.78 is 5.37. The van der Waals surface area contributed by atoms with Crippen molar-refractivity contribution in [2.24, 2.45) is 0 Å². The van der Waals surface area contributed by atoms with Gasteiger partial charge in [0.05, 0.1) is 11.2 Å². The minimum atomic E-state index is 0.391. The van der Waals surface area contributed by atoms with Gasteiger partial charge in [-0.05, 0) is 37.4 Å². The molecule has 2 heterocycles. The van der Waals surface area contributed by atoms with Gasteiger partial charge in [-0.1, -0.05) is 6.07 Å². The molecular formula is C11H14N4S. The Hall–Kier alpha value is -1.36. The van der Waals surface area contributed by atoms with Crippen LogP contribution in [0.5, 0.6) is 0 Å². The molecule has 0 fully saturated rings. The zero-order valence-corrected chi connectivity index (χ0v) is 10.1. The maximum Gasteiger partial charge on any atom is 0.115 e. The molecule has 1 aliphatic heterocycles. The number of benzene rings is 1. The zero-order chi connectivity index (χ0) is 11.1. The summed E-state index contributed by atoms with van der Waals surface area (Å²) in [6, 6.07) is 4.62. The normalized spacial score (nSPS) is 14.2. The lowest BCUT2D eigenvalue weighted by atomic mass is 10.2. The third-order valence-corrected chi connectivity index (χ3v) is 3.40. The van der Waals surface area contributed by atoms with Gasteiger partial charge in [-0.3, -0.25) is 0 Å². The molecule has 0 saturated carbocycles. The van der Waals surface area contributed by atoms with E-state index in [-0.39, 0.29) is 0 Å². The van der Waals surface area contributed by atoms with Crippen molar-refractivity contribution >= 4 is 28.7 Å². The molecule has 0 aliphatic carbocycles. The predicted molar refractivity (Wildman–Crippen MR) is 69.1 cm³/mol. The van der Waals surface area contributed by atoms with Gasteiger partial charge in [-0.2, -0.15) is 0 Å². The van der Waals surface area contributed by atoms with E-state index in [9.17, 15) is 0 Å². The largest absolute Gasteiger partial charge is 0.327 e. The molecule has 0 amide bonds. The maximum absolute atomic E-state index is 4.40. The number of anilines is 1. The van der Waals surface area contributed by atoms with Crippen LogP contribution in [0.25, 0.3) is 11.0 Å². The summed E-state index contributed by atoms with van der Waals surface area (Å²) in [6.45, 7) is 4.24. The number of nitrogens with one attached hydrogen (secondary N) is 2. The van der Waals surface area contributed by atoms with Crippen molar-refractivity contribution in [3.63, 3.8) is 0 Å². The molecule has 5 heteroatoms. The third-order valence-electron chi connectivity index (χ3n) is 2.60. The molecule has 0 saturated heterocycles. The Labute approximate surface area is 98.5 Å². The van der Waals surface area contributed by atoms with Crippen LogP contribution in [0, 0.1) is 0 Å². The smallest absolute Gasteiger partial charge is 0.115 e. The predicted octanol–water partition coefficient (Wildman–Crippen LogP) is 2.56. The molecule has 0 spiro atoms. The Bertz CT molecular complexity index is 532. The van der Waals surface area contributed by atoms with E-state index in [1.807, 2.05) is 11.0 Å². The number of imidazole rings is 1. The van der Waals surface area contributed by atoms with Crippen molar-refractivity contribution in [1.82, 2.24) is 9.66 Å². The molecule has 4 nitrogen and oxygen atoms in total. The number of nitrogens with zero attached hydrogens (tertiary/aromatic N) is 2. The van der Waals surface area contributed by atoms with Gasteiger partial charge in [0, 0.05) is 11.8 Å². The average molecular weight is 234 g/mol. The van der Waals surface area contributed by atoms with Gasteiger partial charge in [0.2, 0.25) is 0 Å². The van der Waals surface area contributed by atoms with Crippen LogP contribution < -0.4 is 10.1 Å². The molecule has 1 aromatic heterocycles. The third kappa shape index (κ3) is 1.43. The summed E-state index contributed by atoms with van der Waals surface area (Å²) in [5.74, 6) is 1.03. The van der Waals surface area contributed by atoms with E-state index in [0.29, 0.717) is 6.04 Å². The molecule has 0 unspecified atom stereocenters. The van der Waals surface area contributed by atoms with Gasteiger partial charge in [-0.25, -0.2) is 9.66 Å². The molecule has 0 bridgehead atoms. The van der Waals surface area contributed by atoms with Crippen molar-refractivity contribution in [2.75, 3.05) is 10.1 Å².